The van der Waals surface area contributed by atoms with Gasteiger partial charge in [-0.05, 0) is 54.5 Å². The minimum atomic E-state index is -0.644. The highest BCUT2D eigenvalue weighted by Gasteiger charge is 2.10. The quantitative estimate of drug-likeness (QED) is 0.400. The monoisotopic (exact) mass is 421 g/mol. The molecule has 5 nitrogen and oxygen atoms in total. The molecule has 0 saturated carbocycles. The second-order valence-electron chi connectivity index (χ2n) is 7.94. The molecule has 5 heteroatoms. The van der Waals surface area contributed by atoms with Crippen molar-refractivity contribution in [1.82, 2.24) is 10.6 Å². The summed E-state index contributed by atoms with van der Waals surface area (Å²) in [6.45, 7) is 3.46. The highest BCUT2D eigenvalue weighted by molar-refractivity contribution is 5.94. The van der Waals surface area contributed by atoms with E-state index in [0.717, 1.165) is 44.1 Å². The number of aliphatic hydroxyl groups is 1. The van der Waals surface area contributed by atoms with Crippen LogP contribution in [0.4, 0.5) is 0 Å². The van der Waals surface area contributed by atoms with Gasteiger partial charge in [-0.2, -0.15) is 5.26 Å². The number of nitriles is 1. The molecule has 0 bridgehead atoms. The van der Waals surface area contributed by atoms with E-state index in [9.17, 15) is 9.90 Å². The number of carbonyl (C=O) groups is 1. The number of benzene rings is 2. The van der Waals surface area contributed by atoms with Crippen molar-refractivity contribution in [2.75, 3.05) is 13.1 Å². The van der Waals surface area contributed by atoms with E-state index in [4.69, 9.17) is 5.26 Å². The maximum Gasteiger partial charge on any atom is 0.251 e. The average Bonchev–Trinajstić information content (AvgIpc) is 2.80. The van der Waals surface area contributed by atoms with E-state index in [1.165, 1.54) is 11.1 Å². The molecule has 2 aromatic carbocycles. The maximum atomic E-state index is 12.4. The first kappa shape index (κ1) is 24.6. The standard InChI is InChI=1S/C26H35N3O2/c1-2-21-11-8-13-23(16-21)18-28-19-25(30)20-29-26(31)24-14-9-12-22(17-24)10-6-4-3-5-7-15-27/h8-9,11-14,16-17,25,28,30H,2-7,10,18-20H2,1H3,(H,29,31)/t25-/m1/s1. The van der Waals surface area contributed by atoms with Crippen LogP contribution in [0, 0.1) is 11.3 Å². The first-order valence-corrected chi connectivity index (χ1v) is 11.3. The lowest BCUT2D eigenvalue weighted by Crippen LogP contribution is -2.38. The van der Waals surface area contributed by atoms with Gasteiger partial charge in [0.25, 0.3) is 5.91 Å². The second kappa shape index (κ2) is 14.3. The Balaban J connectivity index is 1.68. The topological polar surface area (TPSA) is 85.2 Å². The molecule has 0 aliphatic carbocycles. The number of carbonyl (C=O) groups excluding carboxylic acids is 1. The van der Waals surface area contributed by atoms with Gasteiger partial charge >= 0.3 is 0 Å². The molecule has 166 valence electrons. The Bertz CT molecular complexity index is 845. The number of nitrogens with one attached hydrogen (secondary N) is 2. The molecule has 2 aromatic rings. The molecule has 0 fully saturated rings. The van der Waals surface area contributed by atoms with Gasteiger partial charge in [0.1, 0.15) is 0 Å². The molecule has 2 rings (SSSR count). The highest BCUT2D eigenvalue weighted by Crippen LogP contribution is 2.11. The van der Waals surface area contributed by atoms with Crippen LogP contribution < -0.4 is 10.6 Å². The van der Waals surface area contributed by atoms with Gasteiger partial charge in [0.2, 0.25) is 0 Å². The van der Waals surface area contributed by atoms with Crippen LogP contribution in [0.1, 0.15) is 66.1 Å². The molecule has 0 aliphatic heterocycles. The number of hydrogen-bond donors (Lipinski definition) is 3. The van der Waals surface area contributed by atoms with Crippen molar-refractivity contribution in [3.05, 3.63) is 70.8 Å². The molecule has 31 heavy (non-hydrogen) atoms. The summed E-state index contributed by atoms with van der Waals surface area (Å²) in [5.41, 5.74) is 4.26. The Morgan fingerprint density at radius 3 is 2.55 bits per heavy atom. The van der Waals surface area contributed by atoms with Crippen LogP contribution >= 0.6 is 0 Å². The predicted octanol–water partition coefficient (Wildman–Crippen LogP) is 4.15. The van der Waals surface area contributed by atoms with Gasteiger partial charge in [0.05, 0.1) is 12.2 Å². The van der Waals surface area contributed by atoms with Crippen molar-refractivity contribution in [1.29, 1.82) is 5.26 Å². The summed E-state index contributed by atoms with van der Waals surface area (Å²) in [6.07, 6.45) is 6.11. The van der Waals surface area contributed by atoms with Gasteiger partial charge in [0, 0.05) is 31.6 Å². The molecule has 0 radical (unpaired) electrons. The Hall–Kier alpha value is -2.68. The molecule has 0 unspecified atom stereocenters. The number of nitrogens with zero attached hydrogens (tertiary/aromatic N) is 1. The van der Waals surface area contributed by atoms with Gasteiger partial charge in [0.15, 0.2) is 0 Å². The first-order chi connectivity index (χ1) is 15.1. The van der Waals surface area contributed by atoms with Crippen molar-refractivity contribution in [2.45, 2.75) is 64.5 Å². The largest absolute Gasteiger partial charge is 0.390 e. The molecule has 0 heterocycles. The average molecular weight is 422 g/mol. The number of unbranched alkanes of at least 4 members (excludes halogenated alkanes) is 4. The van der Waals surface area contributed by atoms with Crippen LogP contribution in [-0.2, 0) is 19.4 Å². The Morgan fingerprint density at radius 1 is 1.00 bits per heavy atom. The summed E-state index contributed by atoms with van der Waals surface area (Å²) >= 11 is 0. The molecule has 0 saturated heterocycles. The molecule has 0 spiro atoms. The van der Waals surface area contributed by atoms with E-state index >= 15 is 0 Å². The number of hydrogen-bond acceptors (Lipinski definition) is 4. The predicted molar refractivity (Wildman–Crippen MR) is 125 cm³/mol. The smallest absolute Gasteiger partial charge is 0.251 e. The zero-order valence-corrected chi connectivity index (χ0v) is 18.6. The van der Waals surface area contributed by atoms with Crippen LogP contribution in [0.5, 0.6) is 0 Å². The van der Waals surface area contributed by atoms with Crippen molar-refractivity contribution in [2.24, 2.45) is 0 Å². The summed E-state index contributed by atoms with van der Waals surface area (Å²) in [6, 6.07) is 18.2. The van der Waals surface area contributed by atoms with Gasteiger partial charge < -0.3 is 15.7 Å². The lowest BCUT2D eigenvalue weighted by molar-refractivity contribution is 0.0915. The lowest BCUT2D eigenvalue weighted by Gasteiger charge is -2.14. The van der Waals surface area contributed by atoms with Crippen LogP contribution in [0.3, 0.4) is 0 Å². The fourth-order valence-electron chi connectivity index (χ4n) is 3.48. The van der Waals surface area contributed by atoms with Crippen LogP contribution in [-0.4, -0.2) is 30.2 Å². The van der Waals surface area contributed by atoms with E-state index in [-0.39, 0.29) is 12.5 Å². The minimum absolute atomic E-state index is 0.162. The minimum Gasteiger partial charge on any atom is -0.390 e. The fourth-order valence-corrected chi connectivity index (χ4v) is 3.48. The summed E-state index contributed by atoms with van der Waals surface area (Å²) in [5.74, 6) is -0.162. The maximum absolute atomic E-state index is 12.4. The van der Waals surface area contributed by atoms with Gasteiger partial charge in [-0.3, -0.25) is 4.79 Å². The Labute approximate surface area is 186 Å². The number of amides is 1. The molecule has 3 N–H and O–H groups in total. The Morgan fingerprint density at radius 2 is 1.74 bits per heavy atom. The van der Waals surface area contributed by atoms with Crippen LogP contribution in [0.15, 0.2) is 48.5 Å². The highest BCUT2D eigenvalue weighted by atomic mass is 16.3. The zero-order valence-electron chi connectivity index (χ0n) is 18.6. The summed E-state index contributed by atoms with van der Waals surface area (Å²) in [7, 11) is 0. The van der Waals surface area contributed by atoms with Crippen LogP contribution in [0.25, 0.3) is 0 Å². The van der Waals surface area contributed by atoms with Crippen molar-refractivity contribution in [3.63, 3.8) is 0 Å². The van der Waals surface area contributed by atoms with E-state index in [2.05, 4.69) is 47.9 Å². The number of rotatable bonds is 14. The first-order valence-electron chi connectivity index (χ1n) is 11.3. The summed E-state index contributed by atoms with van der Waals surface area (Å²) in [4.78, 5) is 12.4. The van der Waals surface area contributed by atoms with Crippen molar-refractivity contribution < 1.29 is 9.90 Å². The number of aryl methyl sites for hydroxylation is 2. The summed E-state index contributed by atoms with van der Waals surface area (Å²) < 4.78 is 0. The van der Waals surface area contributed by atoms with E-state index in [1.54, 1.807) is 6.07 Å². The lowest BCUT2D eigenvalue weighted by atomic mass is 10.0. The molecule has 1 amide bonds. The normalized spacial score (nSPS) is 11.6. The van der Waals surface area contributed by atoms with E-state index < -0.39 is 6.10 Å². The van der Waals surface area contributed by atoms with Crippen molar-refractivity contribution in [3.8, 4) is 6.07 Å². The zero-order chi connectivity index (χ0) is 22.3. The van der Waals surface area contributed by atoms with E-state index in [0.29, 0.717) is 25.1 Å². The van der Waals surface area contributed by atoms with Gasteiger partial charge in [-0.15, -0.1) is 0 Å². The van der Waals surface area contributed by atoms with Crippen molar-refractivity contribution >= 4 is 5.91 Å². The molecule has 1 atom stereocenters. The third kappa shape index (κ3) is 9.78. The third-order valence-corrected chi connectivity index (χ3v) is 5.30. The summed E-state index contributed by atoms with van der Waals surface area (Å²) in [5, 5.41) is 24.8. The SMILES string of the molecule is CCc1cccc(CNC[C@@H](O)CNC(=O)c2cccc(CCCCCCC#N)c2)c1. The van der Waals surface area contributed by atoms with Gasteiger partial charge in [-0.1, -0.05) is 56.2 Å². The third-order valence-electron chi connectivity index (χ3n) is 5.30. The fraction of sp³-hybridized carbons (Fsp3) is 0.462. The molecular weight excluding hydrogens is 386 g/mol. The second-order valence-corrected chi connectivity index (χ2v) is 7.94. The van der Waals surface area contributed by atoms with E-state index in [1.807, 2.05) is 18.2 Å². The molecule has 0 aromatic heterocycles. The molecular formula is C26H35N3O2. The Kier molecular flexibility index (Phi) is 11.4. The van der Waals surface area contributed by atoms with Crippen LogP contribution in [0.2, 0.25) is 0 Å². The van der Waals surface area contributed by atoms with Gasteiger partial charge in [-0.25, -0.2) is 0 Å². The number of aliphatic hydroxyl groups excluding tert-OH is 1. The molecule has 0 aliphatic rings.